The van der Waals surface area contributed by atoms with Gasteiger partial charge in [-0.25, -0.2) is 0 Å². The maximum absolute atomic E-state index is 11.8. The molecule has 2 aromatic rings. The van der Waals surface area contributed by atoms with Crippen LogP contribution < -0.4 is 5.32 Å². The number of carbonyl (C=O) groups excluding carboxylic acids is 1. The Morgan fingerprint density at radius 3 is 2.57 bits per heavy atom. The van der Waals surface area contributed by atoms with Crippen molar-refractivity contribution in [3.63, 3.8) is 0 Å². The second-order valence-corrected chi connectivity index (χ2v) is 5.94. The predicted molar refractivity (Wildman–Crippen MR) is 84.0 cm³/mol. The summed E-state index contributed by atoms with van der Waals surface area (Å²) < 4.78 is 0. The van der Waals surface area contributed by atoms with Crippen molar-refractivity contribution >= 4 is 17.7 Å². The Kier molecular flexibility index (Phi) is 5.36. The van der Waals surface area contributed by atoms with Crippen LogP contribution in [0.5, 0.6) is 0 Å². The van der Waals surface area contributed by atoms with E-state index >= 15 is 0 Å². The summed E-state index contributed by atoms with van der Waals surface area (Å²) in [6, 6.07) is 13.0. The van der Waals surface area contributed by atoms with Crippen molar-refractivity contribution in [1.29, 1.82) is 0 Å². The lowest BCUT2D eigenvalue weighted by Crippen LogP contribution is -2.39. The zero-order valence-corrected chi connectivity index (χ0v) is 12.6. The Morgan fingerprint density at radius 1 is 1.24 bits per heavy atom. The Bertz CT molecular complexity index is 573. The van der Waals surface area contributed by atoms with E-state index in [1.54, 1.807) is 19.3 Å². The Labute approximate surface area is 128 Å². The van der Waals surface area contributed by atoms with Crippen molar-refractivity contribution in [3.8, 4) is 0 Å². The van der Waals surface area contributed by atoms with E-state index in [2.05, 4.69) is 10.3 Å². The van der Waals surface area contributed by atoms with E-state index in [-0.39, 0.29) is 12.5 Å². The normalized spacial score (nSPS) is 13.4. The number of aliphatic hydroxyl groups is 1. The van der Waals surface area contributed by atoms with Gasteiger partial charge in [-0.05, 0) is 24.6 Å². The lowest BCUT2D eigenvalue weighted by Gasteiger charge is -2.24. The molecule has 2 rings (SSSR count). The third kappa shape index (κ3) is 4.88. The molecule has 1 aromatic carbocycles. The van der Waals surface area contributed by atoms with Gasteiger partial charge in [0, 0.05) is 17.3 Å². The smallest absolute Gasteiger partial charge is 0.230 e. The van der Waals surface area contributed by atoms with Crippen LogP contribution in [0.2, 0.25) is 0 Å². The molecule has 21 heavy (non-hydrogen) atoms. The summed E-state index contributed by atoms with van der Waals surface area (Å²) in [7, 11) is 0. The van der Waals surface area contributed by atoms with Gasteiger partial charge < -0.3 is 10.4 Å². The first kappa shape index (κ1) is 15.5. The van der Waals surface area contributed by atoms with Gasteiger partial charge in [0.25, 0.3) is 0 Å². The number of carbonyl (C=O) groups is 1. The number of hydrogen-bond donors (Lipinski definition) is 2. The molecule has 0 aliphatic carbocycles. The van der Waals surface area contributed by atoms with Crippen LogP contribution in [0, 0.1) is 0 Å². The van der Waals surface area contributed by atoms with Crippen molar-refractivity contribution in [2.24, 2.45) is 0 Å². The van der Waals surface area contributed by atoms with E-state index in [0.717, 1.165) is 10.5 Å². The van der Waals surface area contributed by atoms with Gasteiger partial charge in [0.15, 0.2) is 0 Å². The predicted octanol–water partition coefficient (Wildman–Crippen LogP) is 2.20. The summed E-state index contributed by atoms with van der Waals surface area (Å²) in [5, 5.41) is 13.2. The summed E-state index contributed by atoms with van der Waals surface area (Å²) in [6.45, 7) is 1.88. The molecular weight excluding hydrogens is 284 g/mol. The molecule has 0 radical (unpaired) electrons. The van der Waals surface area contributed by atoms with Gasteiger partial charge in [-0.15, -0.1) is 11.8 Å². The van der Waals surface area contributed by atoms with Crippen LogP contribution in [0.3, 0.4) is 0 Å². The maximum Gasteiger partial charge on any atom is 0.230 e. The summed E-state index contributed by atoms with van der Waals surface area (Å²) in [5.41, 5.74) is -0.287. The Hall–Kier alpha value is -1.85. The van der Waals surface area contributed by atoms with Crippen molar-refractivity contribution < 1.29 is 9.90 Å². The monoisotopic (exact) mass is 302 g/mol. The lowest BCUT2D eigenvalue weighted by molar-refractivity contribution is -0.119. The first-order valence-electron chi connectivity index (χ1n) is 6.65. The average Bonchev–Trinajstić information content (AvgIpc) is 2.53. The highest BCUT2D eigenvalue weighted by molar-refractivity contribution is 8.00. The van der Waals surface area contributed by atoms with E-state index in [9.17, 15) is 9.90 Å². The van der Waals surface area contributed by atoms with E-state index < -0.39 is 5.60 Å². The van der Waals surface area contributed by atoms with Gasteiger partial charge in [-0.1, -0.05) is 30.3 Å². The largest absolute Gasteiger partial charge is 0.384 e. The number of amides is 1. The fourth-order valence-corrected chi connectivity index (χ4v) is 2.52. The minimum atomic E-state index is -1.07. The molecule has 0 saturated carbocycles. The van der Waals surface area contributed by atoms with Gasteiger partial charge >= 0.3 is 0 Å². The van der Waals surface area contributed by atoms with Crippen molar-refractivity contribution in [3.05, 3.63) is 60.4 Å². The van der Waals surface area contributed by atoms with Gasteiger partial charge in [0.2, 0.25) is 5.91 Å². The summed E-state index contributed by atoms with van der Waals surface area (Å²) >= 11 is 1.44. The van der Waals surface area contributed by atoms with Crippen LogP contribution in [0.15, 0.2) is 59.8 Å². The molecule has 4 nitrogen and oxygen atoms in total. The molecule has 0 saturated heterocycles. The molecule has 0 fully saturated rings. The van der Waals surface area contributed by atoms with Gasteiger partial charge in [0.1, 0.15) is 5.60 Å². The van der Waals surface area contributed by atoms with Crippen LogP contribution in [0.1, 0.15) is 12.5 Å². The highest BCUT2D eigenvalue weighted by atomic mass is 32.2. The Morgan fingerprint density at radius 2 is 1.90 bits per heavy atom. The molecule has 1 heterocycles. The summed E-state index contributed by atoms with van der Waals surface area (Å²) in [5.74, 6) is 0.211. The van der Waals surface area contributed by atoms with Crippen molar-refractivity contribution in [2.75, 3.05) is 12.3 Å². The molecule has 5 heteroatoms. The molecule has 0 aliphatic rings. The number of thioether (sulfide) groups is 1. The molecule has 1 unspecified atom stereocenters. The second-order valence-electron chi connectivity index (χ2n) is 4.89. The van der Waals surface area contributed by atoms with Crippen molar-refractivity contribution in [1.82, 2.24) is 10.3 Å². The maximum atomic E-state index is 11.8. The van der Waals surface area contributed by atoms with Crippen LogP contribution in [-0.2, 0) is 10.4 Å². The van der Waals surface area contributed by atoms with Gasteiger partial charge in [-0.3, -0.25) is 9.78 Å². The number of nitrogens with zero attached hydrogens (tertiary/aromatic N) is 1. The number of benzene rings is 1. The SMILES string of the molecule is CC(O)(CNC(=O)CSc1ccncc1)c1ccccc1. The van der Waals surface area contributed by atoms with E-state index in [4.69, 9.17) is 0 Å². The average molecular weight is 302 g/mol. The standard InChI is InChI=1S/C16H18N2O2S/c1-16(20,13-5-3-2-4-6-13)12-18-15(19)11-21-14-7-9-17-10-8-14/h2-10,20H,11-12H2,1H3,(H,18,19). The van der Waals surface area contributed by atoms with E-state index in [0.29, 0.717) is 5.75 Å². The van der Waals surface area contributed by atoms with Crippen LogP contribution in [0.4, 0.5) is 0 Å². The lowest BCUT2D eigenvalue weighted by atomic mass is 9.96. The molecular formula is C16H18N2O2S. The molecule has 1 amide bonds. The summed E-state index contributed by atoms with van der Waals surface area (Å²) in [6.07, 6.45) is 3.39. The van der Waals surface area contributed by atoms with E-state index in [1.165, 1.54) is 11.8 Å². The zero-order chi connectivity index (χ0) is 15.1. The minimum absolute atomic E-state index is 0.104. The first-order valence-corrected chi connectivity index (χ1v) is 7.64. The van der Waals surface area contributed by atoms with E-state index in [1.807, 2.05) is 42.5 Å². The second kappa shape index (κ2) is 7.24. The van der Waals surface area contributed by atoms with Crippen LogP contribution >= 0.6 is 11.8 Å². The number of aromatic nitrogens is 1. The molecule has 110 valence electrons. The minimum Gasteiger partial charge on any atom is -0.384 e. The fraction of sp³-hybridized carbons (Fsp3) is 0.250. The highest BCUT2D eigenvalue weighted by Crippen LogP contribution is 2.19. The molecule has 1 atom stereocenters. The highest BCUT2D eigenvalue weighted by Gasteiger charge is 2.23. The van der Waals surface area contributed by atoms with Gasteiger partial charge in [0.05, 0.1) is 12.3 Å². The topological polar surface area (TPSA) is 62.2 Å². The van der Waals surface area contributed by atoms with Crippen molar-refractivity contribution in [2.45, 2.75) is 17.4 Å². The summed E-state index contributed by atoms with van der Waals surface area (Å²) in [4.78, 5) is 16.8. The molecule has 1 aromatic heterocycles. The quantitative estimate of drug-likeness (QED) is 0.803. The first-order chi connectivity index (χ1) is 10.1. The molecule has 0 bridgehead atoms. The van der Waals surface area contributed by atoms with Crippen LogP contribution in [-0.4, -0.2) is 28.3 Å². The fourth-order valence-electron chi connectivity index (χ4n) is 1.80. The third-order valence-electron chi connectivity index (χ3n) is 3.05. The van der Waals surface area contributed by atoms with Gasteiger partial charge in [-0.2, -0.15) is 0 Å². The zero-order valence-electron chi connectivity index (χ0n) is 11.8. The Balaban J connectivity index is 1.81. The van der Waals surface area contributed by atoms with Crippen LogP contribution in [0.25, 0.3) is 0 Å². The number of pyridine rings is 1. The number of nitrogens with one attached hydrogen (secondary N) is 1. The molecule has 0 aliphatic heterocycles. The third-order valence-corrected chi connectivity index (χ3v) is 4.06. The molecule has 2 N–H and O–H groups in total. The number of hydrogen-bond acceptors (Lipinski definition) is 4. The molecule has 0 spiro atoms. The number of rotatable bonds is 6.